The maximum atomic E-state index is 14.2. The van der Waals surface area contributed by atoms with E-state index in [1.807, 2.05) is 30.5 Å². The molecule has 0 aliphatic heterocycles. The van der Waals surface area contributed by atoms with Crippen LogP contribution in [0.15, 0.2) is 49.1 Å². The number of carbonyl (C=O) groups excluding carboxylic acids is 1. The summed E-state index contributed by atoms with van der Waals surface area (Å²) in [6, 6.07) is 7.40. The Hall–Kier alpha value is -3.55. The molecule has 3 aromatic heterocycles. The first kappa shape index (κ1) is 17.5. The minimum atomic E-state index is -0.947. The van der Waals surface area contributed by atoms with E-state index in [0.29, 0.717) is 24.0 Å². The van der Waals surface area contributed by atoms with Gasteiger partial charge < -0.3 is 11.1 Å². The van der Waals surface area contributed by atoms with Crippen LogP contribution in [-0.2, 0) is 0 Å². The maximum Gasteiger partial charge on any atom is 0.252 e. The number of halogens is 1. The number of benzene rings is 1. The minimum absolute atomic E-state index is 0.255. The highest BCUT2D eigenvalue weighted by molar-refractivity contribution is 6.02. The van der Waals surface area contributed by atoms with Crippen molar-refractivity contribution < 1.29 is 9.18 Å². The average molecular weight is 390 g/mol. The molecule has 1 aromatic carbocycles. The second-order valence-electron chi connectivity index (χ2n) is 7.31. The van der Waals surface area contributed by atoms with Crippen LogP contribution in [0.4, 0.5) is 10.1 Å². The van der Waals surface area contributed by atoms with Crippen molar-refractivity contribution >= 4 is 28.1 Å². The number of hydrogen-bond donors (Lipinski definition) is 2. The van der Waals surface area contributed by atoms with E-state index in [1.54, 1.807) is 16.9 Å². The maximum absolute atomic E-state index is 14.2. The first-order valence-electron chi connectivity index (χ1n) is 9.53. The van der Waals surface area contributed by atoms with Crippen LogP contribution >= 0.6 is 0 Å². The first-order valence-corrected chi connectivity index (χ1v) is 9.53. The fourth-order valence-corrected chi connectivity index (χ4v) is 3.96. The largest absolute Gasteiger partial charge is 0.377 e. The molecule has 3 heterocycles. The molecular formula is C21H19FN6O. The van der Waals surface area contributed by atoms with Crippen LogP contribution < -0.4 is 11.1 Å². The van der Waals surface area contributed by atoms with Gasteiger partial charge in [0, 0.05) is 24.2 Å². The monoisotopic (exact) mass is 390 g/mol. The number of fused-ring (bicyclic) bond motifs is 2. The Morgan fingerprint density at radius 2 is 1.97 bits per heavy atom. The van der Waals surface area contributed by atoms with Crippen molar-refractivity contribution in [2.45, 2.75) is 31.5 Å². The minimum Gasteiger partial charge on any atom is -0.377 e. The summed E-state index contributed by atoms with van der Waals surface area (Å²) in [6.07, 6.45) is 7.71. The van der Waals surface area contributed by atoms with Gasteiger partial charge in [-0.1, -0.05) is 6.07 Å². The molecule has 1 aliphatic rings. The van der Waals surface area contributed by atoms with E-state index >= 15 is 0 Å². The molecule has 1 fully saturated rings. The zero-order chi connectivity index (χ0) is 20.0. The molecule has 1 amide bonds. The van der Waals surface area contributed by atoms with E-state index in [0.717, 1.165) is 28.6 Å². The molecule has 146 valence electrons. The summed E-state index contributed by atoms with van der Waals surface area (Å²) in [6.45, 7) is 0. The fourth-order valence-electron chi connectivity index (χ4n) is 3.96. The Morgan fingerprint density at radius 1 is 1.14 bits per heavy atom. The van der Waals surface area contributed by atoms with Crippen LogP contribution in [0.3, 0.4) is 0 Å². The second-order valence-corrected chi connectivity index (χ2v) is 7.31. The normalized spacial score (nSPS) is 19.1. The summed E-state index contributed by atoms with van der Waals surface area (Å²) in [5.41, 5.74) is 10.5. The van der Waals surface area contributed by atoms with Crippen molar-refractivity contribution in [2.24, 2.45) is 5.73 Å². The third-order valence-corrected chi connectivity index (χ3v) is 5.47. The topological polar surface area (TPSA) is 98.2 Å². The van der Waals surface area contributed by atoms with E-state index in [4.69, 9.17) is 5.73 Å². The van der Waals surface area contributed by atoms with Crippen LogP contribution in [0.1, 0.15) is 29.6 Å². The predicted octanol–water partition coefficient (Wildman–Crippen LogP) is 3.35. The highest BCUT2D eigenvalue weighted by atomic mass is 19.1. The molecule has 5 rings (SSSR count). The summed E-state index contributed by atoms with van der Waals surface area (Å²) < 4.78 is 15.9. The molecule has 0 radical (unpaired) electrons. The number of aromatic nitrogens is 4. The third-order valence-electron chi connectivity index (χ3n) is 5.47. The molecule has 4 aromatic rings. The van der Waals surface area contributed by atoms with Crippen molar-refractivity contribution in [3.63, 3.8) is 0 Å². The van der Waals surface area contributed by atoms with Gasteiger partial charge in [0.2, 0.25) is 0 Å². The first-order chi connectivity index (χ1) is 14.1. The molecule has 1 saturated carbocycles. The van der Waals surface area contributed by atoms with Gasteiger partial charge in [0.1, 0.15) is 6.17 Å². The summed E-state index contributed by atoms with van der Waals surface area (Å²) >= 11 is 0. The Balaban J connectivity index is 1.63. The highest BCUT2D eigenvalue weighted by Gasteiger charge is 2.29. The molecule has 29 heavy (non-hydrogen) atoms. The van der Waals surface area contributed by atoms with Gasteiger partial charge in [-0.3, -0.25) is 14.8 Å². The van der Waals surface area contributed by atoms with Gasteiger partial charge in [0.25, 0.3) is 5.91 Å². The molecule has 8 heteroatoms. The van der Waals surface area contributed by atoms with E-state index in [1.165, 1.54) is 6.20 Å². The van der Waals surface area contributed by atoms with Gasteiger partial charge >= 0.3 is 0 Å². The third kappa shape index (κ3) is 3.06. The van der Waals surface area contributed by atoms with E-state index < -0.39 is 12.1 Å². The zero-order valence-corrected chi connectivity index (χ0v) is 15.5. The van der Waals surface area contributed by atoms with E-state index in [-0.39, 0.29) is 11.6 Å². The van der Waals surface area contributed by atoms with Crippen molar-refractivity contribution in [3.8, 4) is 11.1 Å². The van der Waals surface area contributed by atoms with Gasteiger partial charge in [-0.2, -0.15) is 5.10 Å². The number of anilines is 1. The van der Waals surface area contributed by atoms with Crippen LogP contribution in [0.5, 0.6) is 0 Å². The number of hydrogen-bond acceptors (Lipinski definition) is 5. The highest BCUT2D eigenvalue weighted by Crippen LogP contribution is 2.32. The van der Waals surface area contributed by atoms with Gasteiger partial charge in [-0.05, 0) is 43.0 Å². The van der Waals surface area contributed by atoms with Crippen molar-refractivity contribution in [1.29, 1.82) is 0 Å². The molecule has 2 atom stereocenters. The zero-order valence-electron chi connectivity index (χ0n) is 15.5. The van der Waals surface area contributed by atoms with Crippen LogP contribution in [0.2, 0.25) is 0 Å². The lowest BCUT2D eigenvalue weighted by Gasteiger charge is -2.19. The molecule has 3 N–H and O–H groups in total. The Labute approximate surface area is 165 Å². The van der Waals surface area contributed by atoms with Crippen LogP contribution in [-0.4, -0.2) is 37.7 Å². The molecule has 0 saturated heterocycles. The predicted molar refractivity (Wildman–Crippen MR) is 108 cm³/mol. The van der Waals surface area contributed by atoms with Crippen LogP contribution in [0.25, 0.3) is 27.7 Å². The van der Waals surface area contributed by atoms with Gasteiger partial charge in [0.15, 0.2) is 0 Å². The summed E-state index contributed by atoms with van der Waals surface area (Å²) in [7, 11) is 0. The van der Waals surface area contributed by atoms with E-state index in [2.05, 4.69) is 20.4 Å². The van der Waals surface area contributed by atoms with Crippen molar-refractivity contribution in [1.82, 2.24) is 19.6 Å². The van der Waals surface area contributed by atoms with Crippen molar-refractivity contribution in [2.75, 3.05) is 5.32 Å². The standard InChI is InChI=1S/C21H19FN6O/c22-15-2-1-3-16(15)27-20-14(21(23)29)10-26-28-11-13(9-19(20)28)12-4-5-17-18(8-12)25-7-6-24-17/h4-11,15-16,27H,1-3H2,(H2,23,29)/t15-,16+/m0/s1. The Morgan fingerprint density at radius 3 is 2.72 bits per heavy atom. The molecule has 0 spiro atoms. The lowest BCUT2D eigenvalue weighted by molar-refractivity contribution is 0.100. The number of rotatable bonds is 4. The van der Waals surface area contributed by atoms with Gasteiger partial charge in [0.05, 0.1) is 40.0 Å². The molecule has 7 nitrogen and oxygen atoms in total. The summed E-state index contributed by atoms with van der Waals surface area (Å²) in [4.78, 5) is 20.6. The number of carbonyl (C=O) groups is 1. The lowest BCUT2D eigenvalue weighted by atomic mass is 10.1. The van der Waals surface area contributed by atoms with Crippen LogP contribution in [0, 0.1) is 0 Å². The number of amides is 1. The molecule has 1 aliphatic carbocycles. The second kappa shape index (κ2) is 6.80. The number of nitrogens with two attached hydrogens (primary N) is 1. The Bertz CT molecular complexity index is 1240. The van der Waals surface area contributed by atoms with E-state index in [9.17, 15) is 9.18 Å². The number of nitrogens with zero attached hydrogens (tertiary/aromatic N) is 4. The van der Waals surface area contributed by atoms with Crippen molar-refractivity contribution in [3.05, 3.63) is 54.6 Å². The SMILES string of the molecule is NC(=O)c1cnn2cc(-c3ccc4nccnc4c3)cc2c1N[C@@H]1CCC[C@@H]1F. The summed E-state index contributed by atoms with van der Waals surface area (Å²) in [5, 5.41) is 7.54. The fraction of sp³-hybridized carbons (Fsp3) is 0.238. The molecule has 0 unspecified atom stereocenters. The number of alkyl halides is 1. The molecule has 0 bridgehead atoms. The smallest absolute Gasteiger partial charge is 0.252 e. The van der Waals surface area contributed by atoms with Gasteiger partial charge in [-0.25, -0.2) is 8.91 Å². The Kier molecular flexibility index (Phi) is 4.12. The van der Waals surface area contributed by atoms with Gasteiger partial charge in [-0.15, -0.1) is 0 Å². The number of nitrogens with one attached hydrogen (secondary N) is 1. The average Bonchev–Trinajstić information content (AvgIpc) is 3.34. The summed E-state index contributed by atoms with van der Waals surface area (Å²) in [5.74, 6) is -0.598. The molecular weight excluding hydrogens is 371 g/mol. The quantitative estimate of drug-likeness (QED) is 0.557. The lowest BCUT2D eigenvalue weighted by Crippen LogP contribution is -2.27. The number of primary amides is 1.